The number of benzene rings is 2. The molecule has 0 spiro atoms. The number of nitrogens with zero attached hydrogens (tertiary/aromatic N) is 2. The molecule has 0 aliphatic heterocycles. The van der Waals surface area contributed by atoms with Crippen molar-refractivity contribution in [2.45, 2.75) is 26.2 Å². The second-order valence-electron chi connectivity index (χ2n) is 7.04. The van der Waals surface area contributed by atoms with Crippen molar-refractivity contribution in [1.29, 1.82) is 10.7 Å². The Bertz CT molecular complexity index is 1020. The lowest BCUT2D eigenvalue weighted by atomic mass is 9.88. The maximum absolute atomic E-state index is 13.4. The number of nitrogens with two attached hydrogens (primary N) is 1. The van der Waals surface area contributed by atoms with Gasteiger partial charge in [0.15, 0.2) is 0 Å². The highest BCUT2D eigenvalue weighted by molar-refractivity contribution is 5.99. The van der Waals surface area contributed by atoms with E-state index in [1.807, 2.05) is 25.3 Å². The van der Waals surface area contributed by atoms with E-state index >= 15 is 0 Å². The minimum atomic E-state index is -0.321. The quantitative estimate of drug-likeness (QED) is 0.534. The Labute approximate surface area is 145 Å². The lowest BCUT2D eigenvalue weighted by Crippen LogP contribution is -2.18. The van der Waals surface area contributed by atoms with E-state index in [0.717, 1.165) is 22.3 Å². The second-order valence-corrected chi connectivity index (χ2v) is 7.04. The van der Waals surface area contributed by atoms with Crippen LogP contribution in [0.3, 0.4) is 0 Å². The normalized spacial score (nSPS) is 11.5. The Kier molecular flexibility index (Phi) is 3.84. The lowest BCUT2D eigenvalue weighted by Gasteiger charge is -2.23. The van der Waals surface area contributed by atoms with Gasteiger partial charge in [0.05, 0.1) is 11.1 Å². The van der Waals surface area contributed by atoms with Crippen LogP contribution in [0.25, 0.3) is 16.6 Å². The van der Waals surface area contributed by atoms with Gasteiger partial charge in [0.2, 0.25) is 0 Å². The molecule has 4 nitrogen and oxygen atoms in total. The van der Waals surface area contributed by atoms with Crippen molar-refractivity contribution in [3.63, 3.8) is 0 Å². The summed E-state index contributed by atoms with van der Waals surface area (Å²) in [5.74, 6) is -0.317. The molecule has 0 unspecified atom stereocenters. The molecule has 2 aromatic carbocycles. The van der Waals surface area contributed by atoms with Gasteiger partial charge >= 0.3 is 0 Å². The number of aromatic nitrogens is 1. The predicted octanol–water partition coefficient (Wildman–Crippen LogP) is 4.52. The summed E-state index contributed by atoms with van der Waals surface area (Å²) in [7, 11) is 0. The molecule has 0 saturated carbocycles. The van der Waals surface area contributed by atoms with Crippen LogP contribution in [0.2, 0.25) is 0 Å². The topological polar surface area (TPSA) is 78.6 Å². The van der Waals surface area contributed by atoms with Crippen LogP contribution in [-0.4, -0.2) is 10.8 Å². The van der Waals surface area contributed by atoms with Crippen LogP contribution in [0.4, 0.5) is 10.1 Å². The summed E-state index contributed by atoms with van der Waals surface area (Å²) in [5.41, 5.74) is 9.67. The van der Waals surface area contributed by atoms with Crippen LogP contribution in [0.15, 0.2) is 36.4 Å². The number of halogens is 1. The van der Waals surface area contributed by atoms with Crippen molar-refractivity contribution < 1.29 is 4.39 Å². The standard InChI is InChI=1S/C20H19FN4/c1-20(2,3)19-16(11-23)15-9-17(24)12(10-22)8-18(15)25(19)14-6-4-13(21)5-7-14/h4-10,22H,24H2,1-3H3. The van der Waals surface area contributed by atoms with E-state index in [1.54, 1.807) is 24.3 Å². The molecule has 0 fully saturated rings. The predicted molar refractivity (Wildman–Crippen MR) is 98.9 cm³/mol. The fourth-order valence-corrected chi connectivity index (χ4v) is 3.17. The number of hydrogen-bond acceptors (Lipinski definition) is 3. The minimum absolute atomic E-state index is 0.317. The smallest absolute Gasteiger partial charge is 0.123 e. The first-order valence-electron chi connectivity index (χ1n) is 7.93. The van der Waals surface area contributed by atoms with Crippen LogP contribution >= 0.6 is 0 Å². The molecule has 3 aromatic rings. The zero-order valence-corrected chi connectivity index (χ0v) is 14.4. The Morgan fingerprint density at radius 3 is 2.36 bits per heavy atom. The van der Waals surface area contributed by atoms with Gasteiger partial charge in [0.25, 0.3) is 0 Å². The first-order chi connectivity index (χ1) is 11.8. The highest BCUT2D eigenvalue weighted by Gasteiger charge is 2.28. The van der Waals surface area contributed by atoms with Gasteiger partial charge in [-0.25, -0.2) is 4.39 Å². The van der Waals surface area contributed by atoms with E-state index in [1.165, 1.54) is 18.3 Å². The maximum Gasteiger partial charge on any atom is 0.123 e. The van der Waals surface area contributed by atoms with Gasteiger partial charge < -0.3 is 15.7 Å². The zero-order valence-electron chi connectivity index (χ0n) is 14.4. The molecule has 1 heterocycles. The molecule has 0 aliphatic carbocycles. The van der Waals surface area contributed by atoms with Crippen LogP contribution in [0.5, 0.6) is 0 Å². The Morgan fingerprint density at radius 2 is 1.84 bits per heavy atom. The van der Waals surface area contributed by atoms with Crippen LogP contribution < -0.4 is 5.73 Å². The average molecular weight is 334 g/mol. The van der Waals surface area contributed by atoms with Gasteiger partial charge in [-0.3, -0.25) is 0 Å². The Balaban J connectivity index is 2.53. The van der Waals surface area contributed by atoms with E-state index in [-0.39, 0.29) is 11.2 Å². The number of nitrogen functional groups attached to an aromatic ring is 1. The molecule has 0 bridgehead atoms. The first kappa shape index (κ1) is 16.7. The molecular formula is C20H19FN4. The Hall–Kier alpha value is -3.13. The van der Waals surface area contributed by atoms with E-state index in [4.69, 9.17) is 11.1 Å². The van der Waals surface area contributed by atoms with E-state index < -0.39 is 0 Å². The lowest BCUT2D eigenvalue weighted by molar-refractivity contribution is 0.557. The fraction of sp³-hybridized carbons (Fsp3) is 0.200. The largest absolute Gasteiger partial charge is 0.398 e. The number of rotatable bonds is 2. The highest BCUT2D eigenvalue weighted by Crippen LogP contribution is 2.38. The molecule has 25 heavy (non-hydrogen) atoms. The van der Waals surface area contributed by atoms with Crippen molar-refractivity contribution in [2.75, 3.05) is 5.73 Å². The molecular weight excluding hydrogens is 315 g/mol. The molecule has 0 saturated heterocycles. The molecule has 3 rings (SSSR count). The summed E-state index contributed by atoms with van der Waals surface area (Å²) in [4.78, 5) is 0. The SMILES string of the molecule is CC(C)(C)c1c(C#N)c2cc(N)c(C=N)cc2n1-c1ccc(F)cc1. The average Bonchev–Trinajstić information content (AvgIpc) is 2.88. The van der Waals surface area contributed by atoms with Crippen LogP contribution in [0, 0.1) is 22.6 Å². The molecule has 126 valence electrons. The van der Waals surface area contributed by atoms with Gasteiger partial charge in [0, 0.05) is 39.6 Å². The zero-order chi connectivity index (χ0) is 18.4. The van der Waals surface area contributed by atoms with Gasteiger partial charge in [0.1, 0.15) is 11.9 Å². The number of nitrogens with one attached hydrogen (secondary N) is 1. The third kappa shape index (κ3) is 2.66. The molecule has 5 heteroatoms. The summed E-state index contributed by atoms with van der Waals surface area (Å²) < 4.78 is 15.3. The van der Waals surface area contributed by atoms with Crippen LogP contribution in [0.1, 0.15) is 37.6 Å². The Morgan fingerprint density at radius 1 is 1.20 bits per heavy atom. The van der Waals surface area contributed by atoms with Gasteiger partial charge in [-0.05, 0) is 36.4 Å². The van der Waals surface area contributed by atoms with Crippen molar-refractivity contribution in [3.05, 3.63) is 59.0 Å². The van der Waals surface area contributed by atoms with E-state index in [9.17, 15) is 9.65 Å². The molecule has 0 amide bonds. The molecule has 1 aromatic heterocycles. The second kappa shape index (κ2) is 5.75. The van der Waals surface area contributed by atoms with Crippen LogP contribution in [-0.2, 0) is 5.41 Å². The van der Waals surface area contributed by atoms with Crippen molar-refractivity contribution in [2.24, 2.45) is 0 Å². The molecule has 0 aliphatic rings. The van der Waals surface area contributed by atoms with Crippen molar-refractivity contribution in [1.82, 2.24) is 4.57 Å². The molecule has 3 N–H and O–H groups in total. The van der Waals surface area contributed by atoms with Crippen molar-refractivity contribution in [3.8, 4) is 11.8 Å². The summed E-state index contributed by atoms with van der Waals surface area (Å²) in [6.07, 6.45) is 1.19. The summed E-state index contributed by atoms with van der Waals surface area (Å²) in [5, 5.41) is 18.1. The van der Waals surface area contributed by atoms with E-state index in [2.05, 4.69) is 6.07 Å². The molecule has 0 atom stereocenters. The monoisotopic (exact) mass is 334 g/mol. The summed E-state index contributed by atoms with van der Waals surface area (Å²) >= 11 is 0. The van der Waals surface area contributed by atoms with E-state index in [0.29, 0.717) is 16.8 Å². The van der Waals surface area contributed by atoms with Gasteiger partial charge in [-0.15, -0.1) is 0 Å². The minimum Gasteiger partial charge on any atom is -0.398 e. The number of fused-ring (bicyclic) bond motifs is 1. The number of anilines is 1. The number of nitriles is 1. The maximum atomic E-state index is 13.4. The number of hydrogen-bond donors (Lipinski definition) is 2. The van der Waals surface area contributed by atoms with Gasteiger partial charge in [-0.1, -0.05) is 20.8 Å². The first-order valence-corrected chi connectivity index (χ1v) is 7.93. The van der Waals surface area contributed by atoms with Crippen molar-refractivity contribution >= 4 is 22.8 Å². The highest BCUT2D eigenvalue weighted by atomic mass is 19.1. The molecule has 0 radical (unpaired) electrons. The summed E-state index contributed by atoms with van der Waals surface area (Å²) in [6.45, 7) is 6.09. The van der Waals surface area contributed by atoms with Gasteiger partial charge in [-0.2, -0.15) is 5.26 Å². The third-order valence-electron chi connectivity index (χ3n) is 4.23. The fourth-order valence-electron chi connectivity index (χ4n) is 3.17. The summed E-state index contributed by atoms with van der Waals surface area (Å²) in [6, 6.07) is 12.0. The third-order valence-corrected chi connectivity index (χ3v) is 4.23.